The minimum absolute atomic E-state index is 0.0819. The van der Waals surface area contributed by atoms with E-state index in [2.05, 4.69) is 15.0 Å². The Morgan fingerprint density at radius 1 is 1.14 bits per heavy atom. The number of nitriles is 1. The molecule has 1 N–H and O–H groups in total. The van der Waals surface area contributed by atoms with Gasteiger partial charge in [-0.25, -0.2) is 4.85 Å². The minimum atomic E-state index is -0.217. The molecule has 28 heavy (non-hydrogen) atoms. The molecule has 0 aliphatic rings. The second-order valence-corrected chi connectivity index (χ2v) is 6.67. The molecule has 6 nitrogen and oxygen atoms in total. The second-order valence-electron chi connectivity index (χ2n) is 5.86. The average molecular weight is 406 g/mol. The van der Waals surface area contributed by atoms with Crippen molar-refractivity contribution in [2.45, 2.75) is 0 Å². The molecular formula is C20H9Cl2N5O. The third-order valence-corrected chi connectivity index (χ3v) is 4.78. The van der Waals surface area contributed by atoms with Crippen LogP contribution < -0.4 is 5.35 Å². The van der Waals surface area contributed by atoms with Crippen molar-refractivity contribution in [1.82, 2.24) is 14.6 Å². The first kappa shape index (κ1) is 17.8. The Kier molecular flexibility index (Phi) is 4.37. The third-order valence-electron chi connectivity index (χ3n) is 4.21. The van der Waals surface area contributed by atoms with Crippen molar-refractivity contribution in [3.8, 4) is 23.2 Å². The largest absolute Gasteiger partial charge is 0.505 e. The second kappa shape index (κ2) is 6.86. The van der Waals surface area contributed by atoms with Gasteiger partial charge in [0.05, 0.1) is 28.0 Å². The fourth-order valence-electron chi connectivity index (χ4n) is 2.96. The van der Waals surface area contributed by atoms with Crippen LogP contribution in [0.15, 0.2) is 42.5 Å². The predicted molar refractivity (Wildman–Crippen MR) is 106 cm³/mol. The molecule has 0 saturated carbocycles. The van der Waals surface area contributed by atoms with E-state index in [1.165, 1.54) is 12.1 Å². The summed E-state index contributed by atoms with van der Waals surface area (Å²) in [5.41, 5.74) is 1.95. The highest BCUT2D eigenvalue weighted by molar-refractivity contribution is 6.37. The monoisotopic (exact) mass is 405 g/mol. The number of rotatable bonds is 2. The van der Waals surface area contributed by atoms with E-state index in [9.17, 15) is 10.4 Å². The van der Waals surface area contributed by atoms with E-state index in [0.29, 0.717) is 22.4 Å². The van der Waals surface area contributed by atoms with Crippen molar-refractivity contribution < 1.29 is 5.11 Å². The summed E-state index contributed by atoms with van der Waals surface area (Å²) in [5, 5.41) is 28.3. The van der Waals surface area contributed by atoms with E-state index in [4.69, 9.17) is 29.8 Å². The van der Waals surface area contributed by atoms with Gasteiger partial charge in [-0.1, -0.05) is 53.5 Å². The Hall–Kier alpha value is -3.58. The van der Waals surface area contributed by atoms with Crippen molar-refractivity contribution >= 4 is 40.6 Å². The molecule has 0 spiro atoms. The van der Waals surface area contributed by atoms with Crippen LogP contribution in [0.4, 0.5) is 5.69 Å². The van der Waals surface area contributed by atoms with E-state index < -0.39 is 0 Å². The Labute approximate surface area is 169 Å². The van der Waals surface area contributed by atoms with Crippen molar-refractivity contribution in [3.63, 3.8) is 0 Å². The zero-order chi connectivity index (χ0) is 19.8. The van der Waals surface area contributed by atoms with Gasteiger partial charge in [-0.2, -0.15) is 5.26 Å². The summed E-state index contributed by atoms with van der Waals surface area (Å²) in [6.07, 6.45) is 1.66. The van der Waals surface area contributed by atoms with Gasteiger partial charge in [0.2, 0.25) is 5.69 Å². The van der Waals surface area contributed by atoms with Crippen LogP contribution in [-0.4, -0.2) is 19.7 Å². The Bertz CT molecular complexity index is 1340. The maximum atomic E-state index is 9.78. The van der Waals surface area contributed by atoms with Crippen LogP contribution in [-0.2, 0) is 0 Å². The van der Waals surface area contributed by atoms with Gasteiger partial charge in [0, 0.05) is 5.56 Å². The molecule has 2 aromatic carbocycles. The molecule has 2 aromatic heterocycles. The van der Waals surface area contributed by atoms with E-state index in [1.54, 1.807) is 10.5 Å². The quantitative estimate of drug-likeness (QED) is 0.501. The van der Waals surface area contributed by atoms with Gasteiger partial charge in [0.15, 0.2) is 17.2 Å². The maximum absolute atomic E-state index is 9.78. The molecule has 134 valence electrons. The smallest absolute Gasteiger partial charge is 0.231 e. The first-order valence-electron chi connectivity index (χ1n) is 7.98. The molecule has 4 aromatic rings. The SMILES string of the molecule is [C-]#[N+]c1c(C#N)c2nnc(-c3ccccc3)n2/c1=C/c1cc(Cl)c(O)c(Cl)c1. The van der Waals surface area contributed by atoms with Gasteiger partial charge >= 0.3 is 0 Å². The van der Waals surface area contributed by atoms with E-state index in [-0.39, 0.29) is 27.0 Å². The molecule has 0 radical (unpaired) electrons. The number of nitrogens with zero attached hydrogens (tertiary/aromatic N) is 5. The molecule has 0 fully saturated rings. The number of aromatic nitrogens is 3. The lowest BCUT2D eigenvalue weighted by Crippen LogP contribution is -2.10. The summed E-state index contributed by atoms with van der Waals surface area (Å²) < 4.78 is 1.66. The van der Waals surface area contributed by atoms with Crippen molar-refractivity contribution in [2.24, 2.45) is 0 Å². The van der Waals surface area contributed by atoms with Gasteiger partial charge in [-0.05, 0) is 23.8 Å². The maximum Gasteiger partial charge on any atom is 0.231 e. The Morgan fingerprint density at radius 2 is 1.82 bits per heavy atom. The number of hydrogen-bond acceptors (Lipinski definition) is 4. The lowest BCUT2D eigenvalue weighted by atomic mass is 10.2. The van der Waals surface area contributed by atoms with Crippen LogP contribution in [0.1, 0.15) is 11.1 Å². The van der Waals surface area contributed by atoms with Crippen LogP contribution in [0.5, 0.6) is 5.75 Å². The zero-order valence-electron chi connectivity index (χ0n) is 14.1. The first-order valence-corrected chi connectivity index (χ1v) is 8.74. The standard InChI is InChI=1S/C20H9Cl2N5O/c1-24-17-13(10-23)20-26-25-19(12-5-3-2-4-6-12)27(20)16(17)9-11-7-14(21)18(28)15(22)8-11/h2-9,28H/b16-9+. The highest BCUT2D eigenvalue weighted by Gasteiger charge is 2.21. The molecule has 0 atom stereocenters. The summed E-state index contributed by atoms with van der Waals surface area (Å²) in [4.78, 5) is 3.54. The van der Waals surface area contributed by atoms with Gasteiger partial charge < -0.3 is 5.11 Å². The molecule has 0 amide bonds. The lowest BCUT2D eigenvalue weighted by molar-refractivity contribution is 0.476. The molecule has 8 heteroatoms. The third kappa shape index (κ3) is 2.73. The van der Waals surface area contributed by atoms with E-state index >= 15 is 0 Å². The molecule has 4 rings (SSSR count). The van der Waals surface area contributed by atoms with Crippen LogP contribution >= 0.6 is 23.2 Å². The van der Waals surface area contributed by atoms with Crippen molar-refractivity contribution in [3.05, 3.63) is 80.4 Å². The molecule has 0 aliphatic carbocycles. The first-order chi connectivity index (χ1) is 13.5. The number of halogens is 2. The van der Waals surface area contributed by atoms with Gasteiger partial charge in [-0.3, -0.25) is 4.40 Å². The Morgan fingerprint density at radius 3 is 2.43 bits per heavy atom. The Balaban J connectivity index is 2.12. The van der Waals surface area contributed by atoms with Gasteiger partial charge in [0.25, 0.3) is 0 Å². The fraction of sp³-hybridized carbons (Fsp3) is 0. The summed E-state index contributed by atoms with van der Waals surface area (Å²) in [6, 6.07) is 14.4. The normalized spacial score (nSPS) is 11.5. The van der Waals surface area contributed by atoms with Crippen LogP contribution in [0, 0.1) is 17.9 Å². The lowest BCUT2D eigenvalue weighted by Gasteiger charge is -2.02. The van der Waals surface area contributed by atoms with Crippen molar-refractivity contribution in [1.29, 1.82) is 5.26 Å². The minimum Gasteiger partial charge on any atom is -0.505 e. The van der Waals surface area contributed by atoms with Crippen LogP contribution in [0.3, 0.4) is 0 Å². The van der Waals surface area contributed by atoms with Gasteiger partial charge in [-0.15, -0.1) is 10.2 Å². The summed E-state index contributed by atoms with van der Waals surface area (Å²) >= 11 is 12.0. The number of phenolic OH excluding ortho intramolecular Hbond substituents is 1. The highest BCUT2D eigenvalue weighted by Crippen LogP contribution is 2.33. The van der Waals surface area contributed by atoms with Gasteiger partial charge in [0.1, 0.15) is 5.56 Å². The average Bonchev–Trinajstić information content (AvgIpc) is 3.25. The van der Waals surface area contributed by atoms with Crippen LogP contribution in [0.2, 0.25) is 10.0 Å². The molecule has 0 bridgehead atoms. The number of aromatic hydroxyl groups is 1. The number of phenols is 1. The summed E-state index contributed by atoms with van der Waals surface area (Å²) in [7, 11) is 0. The topological polar surface area (TPSA) is 78.6 Å². The summed E-state index contributed by atoms with van der Waals surface area (Å²) in [6.45, 7) is 7.56. The van der Waals surface area contributed by atoms with E-state index in [0.717, 1.165) is 5.56 Å². The van der Waals surface area contributed by atoms with Crippen LogP contribution in [0.25, 0.3) is 28.0 Å². The molecule has 0 saturated heterocycles. The summed E-state index contributed by atoms with van der Waals surface area (Å²) in [5.74, 6) is 0.287. The zero-order valence-corrected chi connectivity index (χ0v) is 15.6. The number of hydrogen-bond donors (Lipinski definition) is 1. The molecule has 2 heterocycles. The molecule has 0 aliphatic heterocycles. The highest BCUT2D eigenvalue weighted by atomic mass is 35.5. The molecular weight excluding hydrogens is 397 g/mol. The van der Waals surface area contributed by atoms with Crippen molar-refractivity contribution in [2.75, 3.05) is 0 Å². The van der Waals surface area contributed by atoms with E-state index in [1.807, 2.05) is 36.4 Å². The number of benzene rings is 2. The molecule has 0 unspecified atom stereocenters. The predicted octanol–water partition coefficient (Wildman–Crippen LogP) is 4.38. The number of fused-ring (bicyclic) bond motifs is 1. The fourth-order valence-corrected chi connectivity index (χ4v) is 3.47.